The Morgan fingerprint density at radius 1 is 1.17 bits per heavy atom. The van der Waals surface area contributed by atoms with Crippen LogP contribution >= 0.6 is 0 Å². The summed E-state index contributed by atoms with van der Waals surface area (Å²) in [7, 11) is -3.73. The minimum absolute atomic E-state index is 0.137. The fourth-order valence-electron chi connectivity index (χ4n) is 4.61. The molecular formula is C24H31N5O5S. The molecule has 1 amide bonds. The zero-order valence-corrected chi connectivity index (χ0v) is 20.8. The molecule has 4 rings (SSSR count). The fraction of sp³-hybridized carbons (Fsp3) is 0.542. The van der Waals surface area contributed by atoms with Gasteiger partial charge >= 0.3 is 0 Å². The average Bonchev–Trinajstić information content (AvgIpc) is 3.45. The van der Waals surface area contributed by atoms with Gasteiger partial charge < -0.3 is 9.73 Å². The monoisotopic (exact) mass is 501 g/mol. The van der Waals surface area contributed by atoms with Crippen molar-refractivity contribution >= 4 is 27.5 Å². The van der Waals surface area contributed by atoms with Crippen LogP contribution < -0.4 is 10.0 Å². The van der Waals surface area contributed by atoms with E-state index in [-0.39, 0.29) is 16.6 Å². The highest BCUT2D eigenvalue weighted by Gasteiger charge is 2.34. The minimum Gasteiger partial charge on any atom is -0.418 e. The number of hydrogen-bond acceptors (Lipinski definition) is 8. The van der Waals surface area contributed by atoms with Crippen LogP contribution in [-0.2, 0) is 21.2 Å². The van der Waals surface area contributed by atoms with Gasteiger partial charge in [0, 0.05) is 12.0 Å². The van der Waals surface area contributed by atoms with E-state index >= 15 is 0 Å². The largest absolute Gasteiger partial charge is 0.418 e. The number of rotatable bonds is 9. The van der Waals surface area contributed by atoms with Gasteiger partial charge in [0.1, 0.15) is 11.9 Å². The van der Waals surface area contributed by atoms with Gasteiger partial charge in [-0.1, -0.05) is 58.1 Å². The Balaban J connectivity index is 1.59. The second-order valence-corrected chi connectivity index (χ2v) is 10.7. The third kappa shape index (κ3) is 5.61. The molecule has 1 aliphatic carbocycles. The first-order valence-electron chi connectivity index (χ1n) is 12.2. The molecule has 188 valence electrons. The predicted molar refractivity (Wildman–Crippen MR) is 129 cm³/mol. The molecule has 1 aromatic heterocycles. The van der Waals surface area contributed by atoms with E-state index in [9.17, 15) is 18.0 Å². The highest BCUT2D eigenvalue weighted by molar-refractivity contribution is 7.90. The van der Waals surface area contributed by atoms with Crippen molar-refractivity contribution in [1.29, 1.82) is 0 Å². The van der Waals surface area contributed by atoms with E-state index in [4.69, 9.17) is 4.42 Å². The van der Waals surface area contributed by atoms with Crippen LogP contribution in [0.2, 0.25) is 0 Å². The summed E-state index contributed by atoms with van der Waals surface area (Å²) >= 11 is 0. The molecule has 2 N–H and O–H groups in total. The number of aryl methyl sites for hydroxylation is 1. The molecule has 0 radical (unpaired) electrons. The second-order valence-electron chi connectivity index (χ2n) is 9.02. The molecule has 0 saturated heterocycles. The highest BCUT2D eigenvalue weighted by atomic mass is 32.2. The van der Waals surface area contributed by atoms with Gasteiger partial charge in [-0.3, -0.25) is 19.3 Å². The summed E-state index contributed by atoms with van der Waals surface area (Å²) in [5.41, 5.74) is 0.440. The summed E-state index contributed by atoms with van der Waals surface area (Å²) in [6.07, 6.45) is 6.66. The van der Waals surface area contributed by atoms with Gasteiger partial charge in [0.05, 0.1) is 10.9 Å². The van der Waals surface area contributed by atoms with Crippen LogP contribution in [0.1, 0.15) is 80.9 Å². The molecule has 2 heterocycles. The SMILES string of the molecule is CCc1nnc(C(=O)[C@H](CC)NC(=O)[C@H](CC2CCCCC2)N=C2NS(=O)(=O)c3ccccc32)o1. The van der Waals surface area contributed by atoms with Gasteiger partial charge in [0.2, 0.25) is 17.6 Å². The van der Waals surface area contributed by atoms with Crippen LogP contribution in [0.15, 0.2) is 38.6 Å². The number of aromatic nitrogens is 2. The smallest absolute Gasteiger partial charge is 0.286 e. The number of carbonyl (C=O) groups excluding carboxylic acids is 2. The first-order chi connectivity index (χ1) is 16.8. The molecule has 2 atom stereocenters. The van der Waals surface area contributed by atoms with Crippen molar-refractivity contribution in [1.82, 2.24) is 20.2 Å². The Hall–Kier alpha value is -3.08. The van der Waals surface area contributed by atoms with Crippen molar-refractivity contribution in [3.05, 3.63) is 41.6 Å². The van der Waals surface area contributed by atoms with Crippen molar-refractivity contribution < 1.29 is 22.4 Å². The molecule has 2 aromatic rings. The molecule has 1 saturated carbocycles. The summed E-state index contributed by atoms with van der Waals surface area (Å²) in [5.74, 6) is -0.215. The lowest BCUT2D eigenvalue weighted by Crippen LogP contribution is -2.46. The van der Waals surface area contributed by atoms with E-state index in [0.29, 0.717) is 36.6 Å². The molecule has 1 aliphatic heterocycles. The number of aliphatic imine (C=N–C) groups is 1. The number of benzene rings is 1. The van der Waals surface area contributed by atoms with Gasteiger partial charge in [-0.2, -0.15) is 0 Å². The molecule has 1 fully saturated rings. The Kier molecular flexibility index (Phi) is 7.63. The average molecular weight is 502 g/mol. The van der Waals surface area contributed by atoms with Gasteiger partial charge in [-0.15, -0.1) is 10.2 Å². The quantitative estimate of drug-likeness (QED) is 0.503. The number of ketones is 1. The topological polar surface area (TPSA) is 144 Å². The van der Waals surface area contributed by atoms with Crippen LogP contribution in [0.4, 0.5) is 0 Å². The molecule has 0 spiro atoms. The lowest BCUT2D eigenvalue weighted by molar-refractivity contribution is -0.123. The van der Waals surface area contributed by atoms with E-state index in [0.717, 1.165) is 25.7 Å². The number of hydrogen-bond donors (Lipinski definition) is 2. The van der Waals surface area contributed by atoms with Gasteiger partial charge in [-0.05, 0) is 30.9 Å². The second kappa shape index (κ2) is 10.7. The number of sulfonamides is 1. The maximum absolute atomic E-state index is 13.4. The maximum atomic E-state index is 13.4. The number of amidine groups is 1. The number of carbonyl (C=O) groups is 2. The Morgan fingerprint density at radius 3 is 2.60 bits per heavy atom. The van der Waals surface area contributed by atoms with Crippen molar-refractivity contribution in [3.63, 3.8) is 0 Å². The van der Waals surface area contributed by atoms with Gasteiger partial charge in [0.25, 0.3) is 15.9 Å². The first kappa shape index (κ1) is 25.0. The van der Waals surface area contributed by atoms with Gasteiger partial charge in [0.15, 0.2) is 0 Å². The summed E-state index contributed by atoms with van der Waals surface area (Å²) < 4.78 is 33.0. The Labute approximate surface area is 205 Å². The van der Waals surface area contributed by atoms with Crippen LogP contribution in [-0.4, -0.2) is 48.2 Å². The number of fused-ring (bicyclic) bond motifs is 1. The van der Waals surface area contributed by atoms with Crippen LogP contribution in [0.3, 0.4) is 0 Å². The van der Waals surface area contributed by atoms with E-state index in [1.54, 1.807) is 25.1 Å². The van der Waals surface area contributed by atoms with E-state index in [1.807, 2.05) is 6.92 Å². The number of Topliss-reactive ketones (excluding diaryl/α,β-unsaturated/α-hetero) is 1. The minimum atomic E-state index is -3.73. The van der Waals surface area contributed by atoms with Crippen molar-refractivity contribution in [3.8, 4) is 0 Å². The molecule has 35 heavy (non-hydrogen) atoms. The fourth-order valence-corrected chi connectivity index (χ4v) is 5.85. The summed E-state index contributed by atoms with van der Waals surface area (Å²) in [4.78, 5) is 31.1. The lowest BCUT2D eigenvalue weighted by atomic mass is 9.84. The van der Waals surface area contributed by atoms with Crippen molar-refractivity contribution in [2.45, 2.75) is 82.2 Å². The van der Waals surface area contributed by atoms with Gasteiger partial charge in [-0.25, -0.2) is 8.42 Å². The molecule has 1 aromatic carbocycles. The molecule has 0 unspecified atom stereocenters. The molecule has 10 nitrogen and oxygen atoms in total. The van der Waals surface area contributed by atoms with Crippen molar-refractivity contribution in [2.75, 3.05) is 0 Å². The summed E-state index contributed by atoms with van der Waals surface area (Å²) in [5, 5.41) is 10.4. The van der Waals surface area contributed by atoms with Crippen LogP contribution in [0.5, 0.6) is 0 Å². The highest BCUT2D eigenvalue weighted by Crippen LogP contribution is 2.29. The maximum Gasteiger partial charge on any atom is 0.286 e. The summed E-state index contributed by atoms with van der Waals surface area (Å²) in [6.45, 7) is 3.62. The van der Waals surface area contributed by atoms with E-state index in [2.05, 4.69) is 25.2 Å². The lowest BCUT2D eigenvalue weighted by Gasteiger charge is -2.25. The number of nitrogens with zero attached hydrogens (tertiary/aromatic N) is 3. The van der Waals surface area contributed by atoms with Crippen LogP contribution in [0.25, 0.3) is 0 Å². The Morgan fingerprint density at radius 2 is 1.91 bits per heavy atom. The van der Waals surface area contributed by atoms with Crippen molar-refractivity contribution in [2.24, 2.45) is 10.9 Å². The van der Waals surface area contributed by atoms with E-state index in [1.165, 1.54) is 12.5 Å². The zero-order chi connectivity index (χ0) is 25.0. The normalized spacial score (nSPS) is 20.1. The third-order valence-corrected chi connectivity index (χ3v) is 7.95. The number of nitrogens with one attached hydrogen (secondary N) is 2. The molecule has 11 heteroatoms. The summed E-state index contributed by atoms with van der Waals surface area (Å²) in [6, 6.07) is 4.85. The molecular weight excluding hydrogens is 470 g/mol. The van der Waals surface area contributed by atoms with E-state index < -0.39 is 33.8 Å². The van der Waals surface area contributed by atoms with Crippen LogP contribution in [0, 0.1) is 5.92 Å². The third-order valence-electron chi connectivity index (χ3n) is 6.55. The zero-order valence-electron chi connectivity index (χ0n) is 20.0. The molecule has 0 bridgehead atoms. The molecule has 2 aliphatic rings. The Bertz CT molecular complexity index is 1220. The number of amides is 1. The predicted octanol–water partition coefficient (Wildman–Crippen LogP) is 2.79. The first-order valence-corrected chi connectivity index (χ1v) is 13.7. The standard InChI is InChI=1S/C24H31N5O5S/c1-3-17(21(30)24-28-27-20(4-2)34-24)26-23(31)18(14-15-10-6-5-7-11-15)25-22-16-12-8-9-13-19(16)35(32,33)29-22/h8-9,12-13,15,17-18H,3-7,10-11,14H2,1-2H3,(H,25,29)(H,26,31)/t17-,18-/m0/s1.